The van der Waals surface area contributed by atoms with Crippen molar-refractivity contribution in [3.63, 3.8) is 0 Å². The minimum atomic E-state index is -3.54. The summed E-state index contributed by atoms with van der Waals surface area (Å²) in [5.74, 6) is 0.696. The van der Waals surface area contributed by atoms with E-state index in [1.54, 1.807) is 18.2 Å². The molecule has 16 heavy (non-hydrogen) atoms. The van der Waals surface area contributed by atoms with Crippen LogP contribution >= 0.6 is 23.4 Å². The molecule has 1 heterocycles. The summed E-state index contributed by atoms with van der Waals surface area (Å²) < 4.78 is 25.1. The number of hydrogen-bond acceptors (Lipinski definition) is 4. The third kappa shape index (κ3) is 2.15. The van der Waals surface area contributed by atoms with Crippen molar-refractivity contribution in [2.75, 3.05) is 11.1 Å². The van der Waals surface area contributed by atoms with E-state index in [1.807, 2.05) is 6.92 Å². The molecule has 1 aromatic rings. The van der Waals surface area contributed by atoms with E-state index in [1.165, 1.54) is 17.8 Å². The fourth-order valence-electron chi connectivity index (χ4n) is 1.50. The normalized spacial score (nSPS) is 26.9. The average molecular weight is 279 g/mol. The first-order valence-corrected chi connectivity index (χ1v) is 7.55. The third-order valence-electron chi connectivity index (χ3n) is 2.08. The lowest BCUT2D eigenvalue weighted by molar-refractivity contribution is 0.573. The molecule has 1 unspecified atom stereocenters. The molecule has 88 valence electrons. The largest absolute Gasteiger partial charge is 0.344 e. The maximum Gasteiger partial charge on any atom is 0.246 e. The summed E-state index contributed by atoms with van der Waals surface area (Å²) in [7, 11) is -3.54. The van der Waals surface area contributed by atoms with E-state index in [0.717, 1.165) is 0 Å². The molecule has 1 atom stereocenters. The van der Waals surface area contributed by atoms with Crippen molar-refractivity contribution in [3.8, 4) is 0 Å². The fourth-order valence-corrected chi connectivity index (χ4v) is 4.55. The summed E-state index contributed by atoms with van der Waals surface area (Å²) in [6.45, 7) is 1.91. The van der Waals surface area contributed by atoms with Crippen molar-refractivity contribution in [1.82, 2.24) is 4.72 Å². The van der Waals surface area contributed by atoms with Crippen molar-refractivity contribution >= 4 is 39.1 Å². The Labute approximate surface area is 104 Å². The van der Waals surface area contributed by atoms with Gasteiger partial charge in [0.2, 0.25) is 14.5 Å². The van der Waals surface area contributed by atoms with Gasteiger partial charge in [-0.05, 0) is 17.9 Å². The van der Waals surface area contributed by atoms with Crippen LogP contribution in [-0.2, 0) is 10.0 Å². The zero-order valence-corrected chi connectivity index (χ0v) is 10.9. The number of nitrogens with one attached hydrogen (secondary N) is 2. The topological polar surface area (TPSA) is 58.2 Å². The van der Waals surface area contributed by atoms with Crippen molar-refractivity contribution in [3.05, 3.63) is 24.3 Å². The van der Waals surface area contributed by atoms with Gasteiger partial charge in [0.05, 0.1) is 5.69 Å². The van der Waals surface area contributed by atoms with Crippen LogP contribution in [0.15, 0.2) is 29.2 Å². The van der Waals surface area contributed by atoms with Gasteiger partial charge in [-0.25, -0.2) is 8.42 Å². The molecule has 1 aliphatic rings. The van der Waals surface area contributed by atoms with Gasteiger partial charge in [-0.3, -0.25) is 0 Å². The van der Waals surface area contributed by atoms with Crippen molar-refractivity contribution in [2.45, 2.75) is 16.3 Å². The van der Waals surface area contributed by atoms with Gasteiger partial charge < -0.3 is 5.32 Å². The number of anilines is 1. The van der Waals surface area contributed by atoms with Crippen molar-refractivity contribution < 1.29 is 8.42 Å². The highest BCUT2D eigenvalue weighted by Gasteiger charge is 2.39. The molecule has 0 radical (unpaired) electrons. The quantitative estimate of drug-likeness (QED) is 0.642. The van der Waals surface area contributed by atoms with Crippen molar-refractivity contribution in [2.24, 2.45) is 0 Å². The van der Waals surface area contributed by atoms with Crippen LogP contribution in [0.4, 0.5) is 5.69 Å². The van der Waals surface area contributed by atoms with E-state index in [4.69, 9.17) is 11.6 Å². The van der Waals surface area contributed by atoms with Crippen LogP contribution in [0.1, 0.15) is 6.92 Å². The lowest BCUT2D eigenvalue weighted by atomic mass is 10.3. The van der Waals surface area contributed by atoms with Crippen LogP contribution in [0.25, 0.3) is 0 Å². The van der Waals surface area contributed by atoms with Crippen LogP contribution in [0, 0.1) is 0 Å². The Morgan fingerprint density at radius 2 is 2.12 bits per heavy atom. The van der Waals surface area contributed by atoms with Gasteiger partial charge in [-0.1, -0.05) is 30.7 Å². The molecule has 2 rings (SSSR count). The number of para-hydroxylation sites is 1. The van der Waals surface area contributed by atoms with E-state index in [-0.39, 0.29) is 4.90 Å². The van der Waals surface area contributed by atoms with Gasteiger partial charge in [0.25, 0.3) is 0 Å². The number of benzene rings is 1. The summed E-state index contributed by atoms with van der Waals surface area (Å²) in [5.41, 5.74) is 0.525. The number of hydrogen-bond donors (Lipinski definition) is 2. The third-order valence-corrected chi connectivity index (χ3v) is 5.24. The second-order valence-corrected chi connectivity index (χ2v) is 7.18. The van der Waals surface area contributed by atoms with E-state index in [2.05, 4.69) is 10.0 Å². The Bertz CT molecular complexity index is 506. The number of fused-ring (bicyclic) bond motifs is 1. The number of alkyl halides is 1. The summed E-state index contributed by atoms with van der Waals surface area (Å²) in [4.78, 5) is 0.225. The highest BCUT2D eigenvalue weighted by Crippen LogP contribution is 2.37. The van der Waals surface area contributed by atoms with Crippen LogP contribution in [0.2, 0.25) is 0 Å². The molecule has 2 N–H and O–H groups in total. The van der Waals surface area contributed by atoms with Gasteiger partial charge in [0.15, 0.2) is 0 Å². The highest BCUT2D eigenvalue weighted by atomic mass is 35.5. The molecule has 7 heteroatoms. The fraction of sp³-hybridized carbons (Fsp3) is 0.333. The Kier molecular flexibility index (Phi) is 3.09. The molecule has 1 aromatic carbocycles. The maximum absolute atomic E-state index is 11.9. The average Bonchev–Trinajstić information content (AvgIpc) is 2.16. The molecule has 4 nitrogen and oxygen atoms in total. The predicted octanol–water partition coefficient (Wildman–Crippen LogP) is 1.99. The summed E-state index contributed by atoms with van der Waals surface area (Å²) in [6, 6.07) is 6.67. The minimum absolute atomic E-state index is 0.225. The van der Waals surface area contributed by atoms with Gasteiger partial charge in [-0.2, -0.15) is 4.72 Å². The van der Waals surface area contributed by atoms with Crippen LogP contribution in [-0.4, -0.2) is 18.6 Å². The zero-order chi connectivity index (χ0) is 11.8. The minimum Gasteiger partial charge on any atom is -0.344 e. The number of thioether (sulfide) groups is 1. The van der Waals surface area contributed by atoms with Gasteiger partial charge >= 0.3 is 0 Å². The Hall–Kier alpha value is -0.430. The van der Waals surface area contributed by atoms with E-state index in [9.17, 15) is 8.42 Å². The van der Waals surface area contributed by atoms with Gasteiger partial charge in [-0.15, -0.1) is 11.8 Å². The molecule has 0 bridgehead atoms. The predicted molar refractivity (Wildman–Crippen MR) is 67.1 cm³/mol. The number of halogens is 1. The van der Waals surface area contributed by atoms with Gasteiger partial charge in [0, 0.05) is 0 Å². The molecule has 1 aliphatic heterocycles. The van der Waals surface area contributed by atoms with E-state index < -0.39 is 14.5 Å². The molecule has 0 saturated heterocycles. The monoisotopic (exact) mass is 278 g/mol. The summed E-state index contributed by atoms with van der Waals surface area (Å²) in [5, 5.41) is 2.97. The molecule has 0 spiro atoms. The molecule has 0 aromatic heterocycles. The smallest absolute Gasteiger partial charge is 0.246 e. The maximum atomic E-state index is 11.9. The second-order valence-electron chi connectivity index (χ2n) is 3.25. The standard InChI is InChI=1S/C9H11ClN2O2S2/c1-2-15-9(10)11-7-5-3-4-6-8(7)16(13,14)12-9/h3-6,11-12H,2H2,1H3. The second kappa shape index (κ2) is 4.10. The van der Waals surface area contributed by atoms with E-state index >= 15 is 0 Å². The van der Waals surface area contributed by atoms with Crippen LogP contribution in [0.3, 0.4) is 0 Å². The number of rotatable bonds is 2. The van der Waals surface area contributed by atoms with Crippen molar-refractivity contribution in [1.29, 1.82) is 0 Å². The SMILES string of the molecule is CCSC1(Cl)Nc2ccccc2S(=O)(=O)N1. The first kappa shape index (κ1) is 12.0. The first-order valence-electron chi connectivity index (χ1n) is 4.71. The molecular weight excluding hydrogens is 268 g/mol. The molecule has 0 amide bonds. The summed E-state index contributed by atoms with van der Waals surface area (Å²) >= 11 is 7.43. The Morgan fingerprint density at radius 1 is 1.44 bits per heavy atom. The number of sulfonamides is 1. The zero-order valence-electron chi connectivity index (χ0n) is 8.53. The summed E-state index contributed by atoms with van der Waals surface area (Å²) in [6.07, 6.45) is 0. The highest BCUT2D eigenvalue weighted by molar-refractivity contribution is 8.03. The van der Waals surface area contributed by atoms with Crippen LogP contribution < -0.4 is 10.0 Å². The van der Waals surface area contributed by atoms with Gasteiger partial charge in [0.1, 0.15) is 4.90 Å². The molecule has 0 saturated carbocycles. The first-order chi connectivity index (χ1) is 7.47. The van der Waals surface area contributed by atoms with E-state index in [0.29, 0.717) is 11.4 Å². The van der Waals surface area contributed by atoms with Crippen LogP contribution in [0.5, 0.6) is 0 Å². The lowest BCUT2D eigenvalue weighted by Gasteiger charge is -2.34. The Morgan fingerprint density at radius 3 is 2.81 bits per heavy atom. The molecule has 0 fully saturated rings. The Balaban J connectivity index is 2.49. The molecule has 0 aliphatic carbocycles. The lowest BCUT2D eigenvalue weighted by Crippen LogP contribution is -2.50. The molecular formula is C9H11ClN2O2S2.